The number of hydrogen-bond donors (Lipinski definition) is 1. The molecule has 2 heteroatoms. The van der Waals surface area contributed by atoms with Crippen LogP contribution in [0, 0.1) is 5.92 Å². The summed E-state index contributed by atoms with van der Waals surface area (Å²) < 4.78 is 0. The molecule has 1 heterocycles. The number of hydrogen-bond acceptors (Lipinski definition) is 2. The first-order valence-electron chi connectivity index (χ1n) is 6.25. The van der Waals surface area contributed by atoms with Crippen molar-refractivity contribution < 1.29 is 0 Å². The minimum Gasteiger partial charge on any atom is -0.330 e. The summed E-state index contributed by atoms with van der Waals surface area (Å²) in [6.45, 7) is 7.99. The van der Waals surface area contributed by atoms with Crippen molar-refractivity contribution in [1.82, 2.24) is 4.90 Å². The molecule has 1 unspecified atom stereocenters. The molecule has 1 atom stereocenters. The molecule has 0 aromatic rings. The lowest BCUT2D eigenvalue weighted by Gasteiger charge is -2.27. The van der Waals surface area contributed by atoms with Crippen LogP contribution >= 0.6 is 0 Å². The lowest BCUT2D eigenvalue weighted by molar-refractivity contribution is 0.209. The van der Waals surface area contributed by atoms with E-state index in [1.165, 1.54) is 45.2 Å². The van der Waals surface area contributed by atoms with E-state index in [2.05, 4.69) is 18.7 Å². The molecule has 2 nitrogen and oxygen atoms in total. The van der Waals surface area contributed by atoms with Gasteiger partial charge in [0.2, 0.25) is 0 Å². The van der Waals surface area contributed by atoms with Gasteiger partial charge in [-0.3, -0.25) is 0 Å². The van der Waals surface area contributed by atoms with Gasteiger partial charge in [-0.15, -0.1) is 0 Å². The quantitative estimate of drug-likeness (QED) is 0.709. The highest BCUT2D eigenvalue weighted by molar-refractivity contribution is 4.81. The van der Waals surface area contributed by atoms with Gasteiger partial charge in [0, 0.05) is 12.6 Å². The van der Waals surface area contributed by atoms with E-state index < -0.39 is 0 Å². The lowest BCUT2D eigenvalue weighted by atomic mass is 10.1. The van der Waals surface area contributed by atoms with E-state index in [9.17, 15) is 0 Å². The highest BCUT2D eigenvalue weighted by atomic mass is 15.2. The summed E-state index contributed by atoms with van der Waals surface area (Å²) in [7, 11) is 0. The molecule has 0 aliphatic carbocycles. The van der Waals surface area contributed by atoms with Crippen molar-refractivity contribution in [2.24, 2.45) is 11.7 Å². The van der Waals surface area contributed by atoms with Crippen molar-refractivity contribution in [2.75, 3.05) is 19.6 Å². The first-order valence-corrected chi connectivity index (χ1v) is 6.25. The molecule has 1 aliphatic heterocycles. The molecule has 0 radical (unpaired) electrons. The second-order valence-corrected chi connectivity index (χ2v) is 4.62. The highest BCUT2D eigenvalue weighted by Gasteiger charge is 2.26. The topological polar surface area (TPSA) is 29.3 Å². The molecule has 0 saturated carbocycles. The Morgan fingerprint density at radius 1 is 1.29 bits per heavy atom. The van der Waals surface area contributed by atoms with E-state index in [4.69, 9.17) is 5.73 Å². The zero-order valence-electron chi connectivity index (χ0n) is 9.84. The van der Waals surface area contributed by atoms with Gasteiger partial charge in [-0.05, 0) is 38.3 Å². The zero-order chi connectivity index (χ0) is 10.4. The SMILES string of the molecule is CCCC(CCC)N1CCC(CN)C1. The van der Waals surface area contributed by atoms with Gasteiger partial charge in [0.1, 0.15) is 0 Å². The summed E-state index contributed by atoms with van der Waals surface area (Å²) in [5.74, 6) is 0.770. The average Bonchev–Trinajstić information content (AvgIpc) is 2.65. The van der Waals surface area contributed by atoms with Crippen molar-refractivity contribution in [2.45, 2.75) is 52.0 Å². The van der Waals surface area contributed by atoms with E-state index in [0.717, 1.165) is 18.5 Å². The normalized spacial score (nSPS) is 23.6. The Kier molecular flexibility index (Phi) is 5.49. The fourth-order valence-electron chi connectivity index (χ4n) is 2.56. The third kappa shape index (κ3) is 3.25. The predicted octanol–water partition coefficient (Wildman–Crippen LogP) is 2.24. The third-order valence-corrected chi connectivity index (χ3v) is 3.41. The Bertz CT molecular complexity index is 141. The molecule has 1 aliphatic rings. The van der Waals surface area contributed by atoms with Gasteiger partial charge in [-0.25, -0.2) is 0 Å². The summed E-state index contributed by atoms with van der Waals surface area (Å²) in [6.07, 6.45) is 6.68. The number of nitrogens with two attached hydrogens (primary N) is 1. The minimum atomic E-state index is 0.770. The Hall–Kier alpha value is -0.0800. The second-order valence-electron chi connectivity index (χ2n) is 4.62. The fraction of sp³-hybridized carbons (Fsp3) is 1.00. The van der Waals surface area contributed by atoms with E-state index in [1.54, 1.807) is 0 Å². The van der Waals surface area contributed by atoms with E-state index in [-0.39, 0.29) is 0 Å². The van der Waals surface area contributed by atoms with Gasteiger partial charge in [-0.2, -0.15) is 0 Å². The van der Waals surface area contributed by atoms with Crippen LogP contribution in [0.3, 0.4) is 0 Å². The number of nitrogens with zero attached hydrogens (tertiary/aromatic N) is 1. The van der Waals surface area contributed by atoms with Gasteiger partial charge in [0.15, 0.2) is 0 Å². The molecular weight excluding hydrogens is 172 g/mol. The van der Waals surface area contributed by atoms with Crippen LogP contribution in [0.25, 0.3) is 0 Å². The van der Waals surface area contributed by atoms with Crippen LogP contribution in [-0.4, -0.2) is 30.6 Å². The Morgan fingerprint density at radius 3 is 2.36 bits per heavy atom. The van der Waals surface area contributed by atoms with Crippen LogP contribution in [0.4, 0.5) is 0 Å². The number of rotatable bonds is 6. The summed E-state index contributed by atoms with van der Waals surface area (Å²) >= 11 is 0. The van der Waals surface area contributed by atoms with Crippen molar-refractivity contribution in [3.8, 4) is 0 Å². The lowest BCUT2D eigenvalue weighted by Crippen LogP contribution is -2.34. The largest absolute Gasteiger partial charge is 0.330 e. The predicted molar refractivity (Wildman–Crippen MR) is 62.3 cm³/mol. The molecule has 2 N–H and O–H groups in total. The molecule has 1 saturated heterocycles. The van der Waals surface area contributed by atoms with Crippen molar-refractivity contribution >= 4 is 0 Å². The van der Waals surface area contributed by atoms with Crippen LogP contribution in [0.15, 0.2) is 0 Å². The standard InChI is InChI=1S/C12H26N2/c1-3-5-12(6-4-2)14-8-7-11(9-13)10-14/h11-12H,3-10,13H2,1-2H3. The molecule has 84 valence electrons. The average molecular weight is 198 g/mol. The highest BCUT2D eigenvalue weighted by Crippen LogP contribution is 2.22. The molecule has 14 heavy (non-hydrogen) atoms. The summed E-state index contributed by atoms with van der Waals surface area (Å²) in [4.78, 5) is 2.67. The monoisotopic (exact) mass is 198 g/mol. The summed E-state index contributed by atoms with van der Waals surface area (Å²) in [5.41, 5.74) is 5.72. The van der Waals surface area contributed by atoms with E-state index in [1.807, 2.05) is 0 Å². The molecule has 1 fully saturated rings. The fourth-order valence-corrected chi connectivity index (χ4v) is 2.56. The Balaban J connectivity index is 2.36. The molecule has 0 aromatic carbocycles. The van der Waals surface area contributed by atoms with Crippen molar-refractivity contribution in [3.05, 3.63) is 0 Å². The maximum absolute atomic E-state index is 5.72. The van der Waals surface area contributed by atoms with Gasteiger partial charge >= 0.3 is 0 Å². The smallest absolute Gasteiger partial charge is 0.00951 e. The van der Waals surface area contributed by atoms with Crippen LogP contribution in [0.5, 0.6) is 0 Å². The van der Waals surface area contributed by atoms with Crippen LogP contribution in [0.1, 0.15) is 46.0 Å². The maximum atomic E-state index is 5.72. The zero-order valence-corrected chi connectivity index (χ0v) is 9.84. The minimum absolute atomic E-state index is 0.770. The Labute approximate surface area is 88.8 Å². The molecule has 0 spiro atoms. The van der Waals surface area contributed by atoms with Crippen molar-refractivity contribution in [3.63, 3.8) is 0 Å². The third-order valence-electron chi connectivity index (χ3n) is 3.41. The molecule has 0 aromatic heterocycles. The van der Waals surface area contributed by atoms with Crippen LogP contribution in [-0.2, 0) is 0 Å². The summed E-state index contributed by atoms with van der Waals surface area (Å²) in [6, 6.07) is 0.835. The van der Waals surface area contributed by atoms with E-state index in [0.29, 0.717) is 0 Å². The van der Waals surface area contributed by atoms with Crippen LogP contribution in [0.2, 0.25) is 0 Å². The number of likely N-dealkylation sites (tertiary alicyclic amines) is 1. The molecule has 1 rings (SSSR count). The first kappa shape index (κ1) is 12.0. The van der Waals surface area contributed by atoms with Gasteiger partial charge in [0.05, 0.1) is 0 Å². The molecule has 0 bridgehead atoms. The second kappa shape index (κ2) is 6.41. The van der Waals surface area contributed by atoms with Gasteiger partial charge in [-0.1, -0.05) is 26.7 Å². The summed E-state index contributed by atoms with van der Waals surface area (Å²) in [5, 5.41) is 0. The molecule has 0 amide bonds. The van der Waals surface area contributed by atoms with Crippen molar-refractivity contribution in [1.29, 1.82) is 0 Å². The molecular formula is C12H26N2. The first-order chi connectivity index (χ1) is 6.81. The van der Waals surface area contributed by atoms with Gasteiger partial charge in [0.25, 0.3) is 0 Å². The maximum Gasteiger partial charge on any atom is 0.00951 e. The van der Waals surface area contributed by atoms with Gasteiger partial charge < -0.3 is 10.6 Å². The van der Waals surface area contributed by atoms with E-state index >= 15 is 0 Å². The Morgan fingerprint density at radius 2 is 1.93 bits per heavy atom. The van der Waals surface area contributed by atoms with Crippen LogP contribution < -0.4 is 5.73 Å².